The number of nitrogens with zero attached hydrogens (tertiary/aromatic N) is 4. The molecule has 1 unspecified atom stereocenters. The summed E-state index contributed by atoms with van der Waals surface area (Å²) >= 11 is 11.4. The number of halogens is 2. The minimum absolute atomic E-state index is 0.0282. The number of anilines is 1. The molecule has 1 atom stereocenters. The summed E-state index contributed by atoms with van der Waals surface area (Å²) in [5.41, 5.74) is 0. The SMILES string of the molecule is CCC(Nc1nc(Cl)nc(Cl)n1)c1ncc[nH]1. The van der Waals surface area contributed by atoms with Gasteiger partial charge in [-0.05, 0) is 29.6 Å². The highest BCUT2D eigenvalue weighted by atomic mass is 35.5. The van der Waals surface area contributed by atoms with Crippen LogP contribution in [0.5, 0.6) is 0 Å². The number of rotatable bonds is 4. The Bertz CT molecular complexity index is 466. The van der Waals surface area contributed by atoms with E-state index in [0.717, 1.165) is 12.2 Å². The second-order valence-corrected chi connectivity index (χ2v) is 3.95. The van der Waals surface area contributed by atoms with E-state index in [0.29, 0.717) is 5.95 Å². The van der Waals surface area contributed by atoms with Crippen LogP contribution < -0.4 is 5.32 Å². The first-order valence-corrected chi connectivity index (χ1v) is 5.77. The van der Waals surface area contributed by atoms with Crippen molar-refractivity contribution in [1.82, 2.24) is 24.9 Å². The van der Waals surface area contributed by atoms with Gasteiger partial charge >= 0.3 is 0 Å². The monoisotopic (exact) mass is 272 g/mol. The van der Waals surface area contributed by atoms with E-state index in [1.54, 1.807) is 12.4 Å². The number of hydrogen-bond acceptors (Lipinski definition) is 5. The van der Waals surface area contributed by atoms with E-state index in [1.807, 2.05) is 6.92 Å². The molecule has 6 nitrogen and oxygen atoms in total. The molecule has 2 heterocycles. The molecule has 0 bridgehead atoms. The summed E-state index contributed by atoms with van der Waals surface area (Å²) < 4.78 is 0. The van der Waals surface area contributed by atoms with Crippen LogP contribution in [0, 0.1) is 0 Å². The third kappa shape index (κ3) is 3.04. The van der Waals surface area contributed by atoms with Crippen molar-refractivity contribution in [2.45, 2.75) is 19.4 Å². The number of H-pyrrole nitrogens is 1. The lowest BCUT2D eigenvalue weighted by Crippen LogP contribution is -2.14. The molecule has 0 spiro atoms. The molecule has 0 aliphatic heterocycles. The Kier molecular flexibility index (Phi) is 3.75. The fraction of sp³-hybridized carbons (Fsp3) is 0.333. The summed E-state index contributed by atoms with van der Waals surface area (Å²) in [4.78, 5) is 18.8. The molecule has 0 fully saturated rings. The smallest absolute Gasteiger partial charge is 0.228 e. The Labute approximate surface area is 108 Å². The first-order valence-electron chi connectivity index (χ1n) is 5.02. The summed E-state index contributed by atoms with van der Waals surface area (Å²) in [5, 5.41) is 3.20. The molecule has 0 aliphatic carbocycles. The molecule has 0 amide bonds. The van der Waals surface area contributed by atoms with Gasteiger partial charge in [-0.1, -0.05) is 6.92 Å². The largest absolute Gasteiger partial charge is 0.347 e. The maximum atomic E-state index is 5.69. The van der Waals surface area contributed by atoms with Crippen LogP contribution in [0.1, 0.15) is 25.2 Å². The third-order valence-corrected chi connectivity index (χ3v) is 2.48. The Hall–Kier alpha value is -1.40. The van der Waals surface area contributed by atoms with Gasteiger partial charge in [0.1, 0.15) is 5.82 Å². The minimum Gasteiger partial charge on any atom is -0.347 e. The lowest BCUT2D eigenvalue weighted by molar-refractivity contribution is 0.694. The third-order valence-electron chi connectivity index (χ3n) is 2.14. The highest BCUT2D eigenvalue weighted by Crippen LogP contribution is 2.18. The zero-order valence-electron chi connectivity index (χ0n) is 8.98. The molecule has 0 aliphatic rings. The molecule has 90 valence electrons. The number of imidazole rings is 1. The van der Waals surface area contributed by atoms with Crippen LogP contribution in [0.25, 0.3) is 0 Å². The number of aromatic nitrogens is 5. The first kappa shape index (κ1) is 12.1. The quantitative estimate of drug-likeness (QED) is 0.894. The molecule has 2 aromatic heterocycles. The molecule has 2 rings (SSSR count). The predicted octanol–water partition coefficient (Wildman–Crippen LogP) is 2.46. The standard InChI is InChI=1S/C9H10Cl2N6/c1-2-5(6-12-3-4-13-6)14-9-16-7(10)15-8(11)17-9/h3-5H,2H2,1H3,(H,12,13)(H,14,15,16,17). The second-order valence-electron chi connectivity index (χ2n) is 3.28. The average Bonchev–Trinajstić information content (AvgIpc) is 2.77. The summed E-state index contributed by atoms with van der Waals surface area (Å²) in [6.45, 7) is 2.02. The lowest BCUT2D eigenvalue weighted by atomic mass is 10.2. The number of aromatic amines is 1. The van der Waals surface area contributed by atoms with Gasteiger partial charge in [-0.3, -0.25) is 0 Å². The molecule has 17 heavy (non-hydrogen) atoms. The van der Waals surface area contributed by atoms with Crippen molar-refractivity contribution in [2.24, 2.45) is 0 Å². The van der Waals surface area contributed by atoms with Gasteiger partial charge in [0.05, 0.1) is 6.04 Å². The molecule has 8 heteroatoms. The number of nitrogens with one attached hydrogen (secondary N) is 2. The normalized spacial score (nSPS) is 12.4. The fourth-order valence-electron chi connectivity index (χ4n) is 1.38. The molecule has 0 saturated heterocycles. The van der Waals surface area contributed by atoms with Crippen molar-refractivity contribution in [3.05, 3.63) is 28.8 Å². The van der Waals surface area contributed by atoms with E-state index in [2.05, 4.69) is 30.2 Å². The van der Waals surface area contributed by atoms with Crippen molar-refractivity contribution >= 4 is 29.2 Å². The van der Waals surface area contributed by atoms with Gasteiger partial charge in [0.2, 0.25) is 16.5 Å². The Morgan fingerprint density at radius 3 is 2.53 bits per heavy atom. The molecule has 2 aromatic rings. The van der Waals surface area contributed by atoms with Gasteiger partial charge in [0, 0.05) is 12.4 Å². The van der Waals surface area contributed by atoms with Crippen LogP contribution in [0.4, 0.5) is 5.95 Å². The molecular weight excluding hydrogens is 263 g/mol. The minimum atomic E-state index is -0.0282. The van der Waals surface area contributed by atoms with Crippen LogP contribution in [-0.2, 0) is 0 Å². The van der Waals surface area contributed by atoms with Crippen molar-refractivity contribution in [3.63, 3.8) is 0 Å². The van der Waals surface area contributed by atoms with Gasteiger partial charge in [0.25, 0.3) is 0 Å². The zero-order chi connectivity index (χ0) is 12.3. The Morgan fingerprint density at radius 2 is 2.00 bits per heavy atom. The van der Waals surface area contributed by atoms with Crippen LogP contribution in [-0.4, -0.2) is 24.9 Å². The average molecular weight is 273 g/mol. The Balaban J connectivity index is 2.18. The molecular formula is C9H10Cl2N6. The van der Waals surface area contributed by atoms with E-state index in [-0.39, 0.29) is 16.6 Å². The molecule has 0 aromatic carbocycles. The van der Waals surface area contributed by atoms with Crippen molar-refractivity contribution < 1.29 is 0 Å². The van der Waals surface area contributed by atoms with E-state index < -0.39 is 0 Å². The summed E-state index contributed by atoms with van der Waals surface area (Å²) in [6.07, 6.45) is 4.26. The second kappa shape index (κ2) is 5.29. The highest BCUT2D eigenvalue weighted by molar-refractivity contribution is 6.31. The van der Waals surface area contributed by atoms with Crippen LogP contribution in [0.2, 0.25) is 10.6 Å². The van der Waals surface area contributed by atoms with E-state index >= 15 is 0 Å². The van der Waals surface area contributed by atoms with E-state index in [9.17, 15) is 0 Å². The number of hydrogen-bond donors (Lipinski definition) is 2. The highest BCUT2D eigenvalue weighted by Gasteiger charge is 2.13. The van der Waals surface area contributed by atoms with E-state index in [1.165, 1.54) is 0 Å². The fourth-order valence-corrected chi connectivity index (χ4v) is 1.74. The van der Waals surface area contributed by atoms with Crippen LogP contribution in [0.3, 0.4) is 0 Å². The maximum Gasteiger partial charge on any atom is 0.228 e. The molecule has 2 N–H and O–H groups in total. The van der Waals surface area contributed by atoms with Crippen molar-refractivity contribution in [1.29, 1.82) is 0 Å². The zero-order valence-corrected chi connectivity index (χ0v) is 10.5. The van der Waals surface area contributed by atoms with Gasteiger partial charge in [-0.15, -0.1) is 0 Å². The molecule has 0 radical (unpaired) electrons. The summed E-state index contributed by atoms with van der Waals surface area (Å²) in [6, 6.07) is -0.0282. The van der Waals surface area contributed by atoms with Gasteiger partial charge < -0.3 is 10.3 Å². The maximum absolute atomic E-state index is 5.69. The van der Waals surface area contributed by atoms with Gasteiger partial charge in [0.15, 0.2) is 0 Å². The van der Waals surface area contributed by atoms with Gasteiger partial charge in [-0.2, -0.15) is 15.0 Å². The van der Waals surface area contributed by atoms with Crippen LogP contribution in [0.15, 0.2) is 12.4 Å². The van der Waals surface area contributed by atoms with Crippen molar-refractivity contribution in [2.75, 3.05) is 5.32 Å². The predicted molar refractivity (Wildman–Crippen MR) is 65.1 cm³/mol. The van der Waals surface area contributed by atoms with Crippen molar-refractivity contribution in [3.8, 4) is 0 Å². The topological polar surface area (TPSA) is 79.4 Å². The van der Waals surface area contributed by atoms with Crippen LogP contribution >= 0.6 is 23.2 Å². The lowest BCUT2D eigenvalue weighted by Gasteiger charge is -2.14. The Morgan fingerprint density at radius 1 is 1.29 bits per heavy atom. The summed E-state index contributed by atoms with van der Waals surface area (Å²) in [5.74, 6) is 1.14. The first-order chi connectivity index (χ1) is 8.19. The van der Waals surface area contributed by atoms with Gasteiger partial charge in [-0.25, -0.2) is 4.98 Å². The molecule has 0 saturated carbocycles. The van der Waals surface area contributed by atoms with E-state index in [4.69, 9.17) is 23.2 Å². The summed E-state index contributed by atoms with van der Waals surface area (Å²) in [7, 11) is 0.